The molecule has 2 aliphatic rings. The lowest BCUT2D eigenvalue weighted by molar-refractivity contribution is 0.0995. The van der Waals surface area contributed by atoms with Crippen LogP contribution in [0.15, 0.2) is 47.6 Å². The number of hydrogen-bond acceptors (Lipinski definition) is 4. The molecule has 2 aliphatic heterocycles. The first kappa shape index (κ1) is 14.1. The summed E-state index contributed by atoms with van der Waals surface area (Å²) in [4.78, 5) is 11.6. The molecule has 0 aromatic heterocycles. The van der Waals surface area contributed by atoms with Crippen LogP contribution in [0.4, 0.5) is 5.69 Å². The largest absolute Gasteiger partial charge is 0.491 e. The Morgan fingerprint density at radius 2 is 2.04 bits per heavy atom. The van der Waals surface area contributed by atoms with Crippen molar-refractivity contribution in [3.8, 4) is 5.75 Å². The van der Waals surface area contributed by atoms with E-state index in [2.05, 4.69) is 0 Å². The summed E-state index contributed by atoms with van der Waals surface area (Å²) in [6.07, 6.45) is 0. The minimum atomic E-state index is -0.492. The first-order valence-corrected chi connectivity index (χ1v) is 7.69. The molecule has 0 bridgehead atoms. The molecule has 0 spiro atoms. The number of rotatable bonds is 2. The van der Waals surface area contributed by atoms with Gasteiger partial charge in [-0.15, -0.1) is 0 Å². The Morgan fingerprint density at radius 1 is 1.26 bits per heavy atom. The Kier molecular flexibility index (Phi) is 3.23. The lowest BCUT2D eigenvalue weighted by Crippen LogP contribution is -2.30. The van der Waals surface area contributed by atoms with Crippen molar-refractivity contribution in [1.82, 2.24) is 0 Å². The van der Waals surface area contributed by atoms with Crippen LogP contribution in [0.2, 0.25) is 5.02 Å². The van der Waals surface area contributed by atoms with Crippen molar-refractivity contribution >= 4 is 28.9 Å². The van der Waals surface area contributed by atoms with E-state index in [0.29, 0.717) is 22.9 Å². The third-order valence-corrected chi connectivity index (χ3v) is 4.37. The van der Waals surface area contributed by atoms with Crippen LogP contribution in [0.1, 0.15) is 15.9 Å². The summed E-state index contributed by atoms with van der Waals surface area (Å²) < 4.78 is 5.80. The summed E-state index contributed by atoms with van der Waals surface area (Å²) in [6.45, 7) is 1.22. The fourth-order valence-electron chi connectivity index (χ4n) is 3.00. The molecule has 5 nitrogen and oxygen atoms in total. The number of anilines is 1. The molecule has 4 rings (SSSR count). The smallest absolute Gasteiger partial charge is 0.252 e. The molecule has 0 radical (unpaired) electrons. The highest BCUT2D eigenvalue weighted by Crippen LogP contribution is 2.35. The highest BCUT2D eigenvalue weighted by molar-refractivity contribution is 6.30. The van der Waals surface area contributed by atoms with Crippen molar-refractivity contribution in [2.24, 2.45) is 16.8 Å². The molecule has 2 heterocycles. The highest BCUT2D eigenvalue weighted by atomic mass is 35.5. The number of ether oxygens (including phenoxy) is 1. The fraction of sp³-hybridized carbons (Fsp3) is 0.176. The number of nitrogens with zero attached hydrogens (tertiary/aromatic N) is 2. The molecule has 1 unspecified atom stereocenters. The van der Waals surface area contributed by atoms with Crippen molar-refractivity contribution in [2.45, 2.75) is 0 Å². The molecule has 1 amide bonds. The second-order valence-electron chi connectivity index (χ2n) is 5.60. The summed E-state index contributed by atoms with van der Waals surface area (Å²) in [7, 11) is 0. The zero-order valence-corrected chi connectivity index (χ0v) is 13.0. The Labute approximate surface area is 138 Å². The number of carbonyl (C=O) groups excluding carboxylic acids is 1. The molecular formula is C17H14ClN3O2. The Hall–Kier alpha value is -2.53. The first-order chi connectivity index (χ1) is 11.1. The van der Waals surface area contributed by atoms with Gasteiger partial charge in [0, 0.05) is 10.6 Å². The van der Waals surface area contributed by atoms with Crippen LogP contribution in [-0.2, 0) is 0 Å². The number of para-hydroxylation sites is 1. The number of hydrazone groups is 1. The van der Waals surface area contributed by atoms with Crippen LogP contribution in [0.25, 0.3) is 0 Å². The average molecular weight is 328 g/mol. The first-order valence-electron chi connectivity index (χ1n) is 7.31. The number of benzene rings is 2. The van der Waals surface area contributed by atoms with Gasteiger partial charge < -0.3 is 10.5 Å². The van der Waals surface area contributed by atoms with Gasteiger partial charge in [-0.05, 0) is 36.4 Å². The van der Waals surface area contributed by atoms with Gasteiger partial charge in [0.15, 0.2) is 0 Å². The Balaban J connectivity index is 1.75. The van der Waals surface area contributed by atoms with Crippen LogP contribution in [-0.4, -0.2) is 24.8 Å². The van der Waals surface area contributed by atoms with Gasteiger partial charge >= 0.3 is 0 Å². The predicted molar refractivity (Wildman–Crippen MR) is 89.3 cm³/mol. The molecule has 0 fully saturated rings. The molecule has 116 valence electrons. The molecule has 2 aromatic carbocycles. The number of hydrogen-bond donors (Lipinski definition) is 1. The van der Waals surface area contributed by atoms with E-state index in [1.165, 1.54) is 0 Å². The maximum absolute atomic E-state index is 11.6. The zero-order valence-electron chi connectivity index (χ0n) is 12.2. The second-order valence-corrected chi connectivity index (χ2v) is 6.03. The summed E-state index contributed by atoms with van der Waals surface area (Å²) in [5, 5.41) is 7.36. The van der Waals surface area contributed by atoms with Crippen molar-refractivity contribution in [3.05, 3.63) is 58.6 Å². The molecule has 2 aromatic rings. The van der Waals surface area contributed by atoms with E-state index in [0.717, 1.165) is 23.5 Å². The van der Waals surface area contributed by atoms with E-state index < -0.39 is 5.91 Å². The van der Waals surface area contributed by atoms with Gasteiger partial charge in [0.1, 0.15) is 5.75 Å². The molecule has 1 atom stereocenters. The summed E-state index contributed by atoms with van der Waals surface area (Å²) >= 11 is 5.94. The van der Waals surface area contributed by atoms with Gasteiger partial charge in [-0.2, -0.15) is 5.10 Å². The third kappa shape index (κ3) is 2.33. The van der Waals surface area contributed by atoms with E-state index in [4.69, 9.17) is 27.2 Å². The van der Waals surface area contributed by atoms with Gasteiger partial charge in [0.2, 0.25) is 0 Å². The van der Waals surface area contributed by atoms with Gasteiger partial charge in [0.05, 0.1) is 36.0 Å². The number of nitrogens with two attached hydrogens (primary N) is 1. The van der Waals surface area contributed by atoms with Gasteiger partial charge in [-0.3, -0.25) is 9.80 Å². The second kappa shape index (κ2) is 5.28. The average Bonchev–Trinajstić information content (AvgIpc) is 2.99. The minimum absolute atomic E-state index is 0.168. The number of carbonyl (C=O) groups is 1. The number of amides is 1. The van der Waals surface area contributed by atoms with Gasteiger partial charge in [0.25, 0.3) is 5.91 Å². The highest BCUT2D eigenvalue weighted by Gasteiger charge is 2.35. The number of halogens is 1. The summed E-state index contributed by atoms with van der Waals surface area (Å²) in [6, 6.07) is 12.9. The monoisotopic (exact) mass is 327 g/mol. The molecule has 2 N–H and O–H groups in total. The Bertz CT molecular complexity index is 817. The standard InChI is InChI=1S/C17H14ClN3O2/c18-11-4-6-12(7-5-11)21-8-10-9-23-16-13(15(10)20-21)2-1-3-14(16)17(19)22/h1-7,10H,8-9H2,(H2,19,22). The van der Waals surface area contributed by atoms with Crippen LogP contribution >= 0.6 is 11.6 Å². The van der Waals surface area contributed by atoms with Crippen molar-refractivity contribution < 1.29 is 9.53 Å². The molecular weight excluding hydrogens is 314 g/mol. The predicted octanol–water partition coefficient (Wildman–Crippen LogP) is 2.67. The number of fused-ring (bicyclic) bond motifs is 3. The van der Waals surface area contributed by atoms with Gasteiger partial charge in [-0.1, -0.05) is 17.7 Å². The van der Waals surface area contributed by atoms with E-state index >= 15 is 0 Å². The Morgan fingerprint density at radius 3 is 2.78 bits per heavy atom. The molecule has 0 saturated heterocycles. The third-order valence-electron chi connectivity index (χ3n) is 4.12. The maximum atomic E-state index is 11.6. The molecule has 0 aliphatic carbocycles. The van der Waals surface area contributed by atoms with Crippen LogP contribution in [0.3, 0.4) is 0 Å². The van der Waals surface area contributed by atoms with E-state index in [9.17, 15) is 4.79 Å². The fourth-order valence-corrected chi connectivity index (χ4v) is 3.13. The van der Waals surface area contributed by atoms with Gasteiger partial charge in [-0.25, -0.2) is 0 Å². The van der Waals surface area contributed by atoms with E-state index in [1.807, 2.05) is 35.3 Å². The molecule has 0 saturated carbocycles. The van der Waals surface area contributed by atoms with Crippen molar-refractivity contribution in [1.29, 1.82) is 0 Å². The lowest BCUT2D eigenvalue weighted by atomic mass is 9.93. The lowest BCUT2D eigenvalue weighted by Gasteiger charge is -2.24. The number of primary amides is 1. The quantitative estimate of drug-likeness (QED) is 0.922. The van der Waals surface area contributed by atoms with E-state index in [-0.39, 0.29) is 5.92 Å². The summed E-state index contributed by atoms with van der Waals surface area (Å²) in [5.74, 6) is 0.211. The topological polar surface area (TPSA) is 67.9 Å². The van der Waals surface area contributed by atoms with Crippen LogP contribution < -0.4 is 15.5 Å². The van der Waals surface area contributed by atoms with Crippen molar-refractivity contribution in [3.63, 3.8) is 0 Å². The SMILES string of the molecule is NC(=O)c1cccc2c1OCC1CN(c3ccc(Cl)cc3)N=C21. The van der Waals surface area contributed by atoms with E-state index in [1.54, 1.807) is 12.1 Å². The maximum Gasteiger partial charge on any atom is 0.252 e. The van der Waals surface area contributed by atoms with Crippen LogP contribution in [0.5, 0.6) is 5.75 Å². The zero-order chi connectivity index (χ0) is 16.0. The van der Waals surface area contributed by atoms with Crippen LogP contribution in [0, 0.1) is 5.92 Å². The molecule has 23 heavy (non-hydrogen) atoms. The summed E-state index contributed by atoms with van der Waals surface area (Å²) in [5.41, 5.74) is 8.57. The normalized spacial score (nSPS) is 18.7. The van der Waals surface area contributed by atoms with Crippen molar-refractivity contribution in [2.75, 3.05) is 18.2 Å². The molecule has 6 heteroatoms. The minimum Gasteiger partial charge on any atom is -0.491 e.